The number of hydrogen-bond acceptors (Lipinski definition) is 3. The molecule has 1 amide bonds. The highest BCUT2D eigenvalue weighted by atomic mass is 35.5. The Kier molecular flexibility index (Phi) is 5.68. The van der Waals surface area contributed by atoms with Crippen molar-refractivity contribution in [2.45, 2.75) is 0 Å². The number of amides is 1. The third-order valence-corrected chi connectivity index (χ3v) is 4.85. The van der Waals surface area contributed by atoms with E-state index in [-0.39, 0.29) is 11.7 Å². The first-order chi connectivity index (χ1) is 12.0. The van der Waals surface area contributed by atoms with Gasteiger partial charge in [0.15, 0.2) is 6.54 Å². The van der Waals surface area contributed by atoms with Crippen molar-refractivity contribution in [2.24, 2.45) is 0 Å². The number of nitrogens with one attached hydrogen (secondary N) is 2. The van der Waals surface area contributed by atoms with E-state index in [1.807, 2.05) is 12.1 Å². The zero-order valence-corrected chi connectivity index (χ0v) is 15.1. The zero-order valence-electron chi connectivity index (χ0n) is 13.6. The number of carbonyl (C=O) groups is 1. The van der Waals surface area contributed by atoms with Gasteiger partial charge in [-0.1, -0.05) is 23.2 Å². The average molecular weight is 381 g/mol. The summed E-state index contributed by atoms with van der Waals surface area (Å²) in [4.78, 5) is 15.7. The van der Waals surface area contributed by atoms with E-state index in [9.17, 15) is 9.90 Å². The van der Waals surface area contributed by atoms with E-state index >= 15 is 0 Å². The highest BCUT2D eigenvalue weighted by Gasteiger charge is 2.22. The van der Waals surface area contributed by atoms with Crippen LogP contribution in [0.1, 0.15) is 0 Å². The minimum Gasteiger partial charge on any atom is -0.508 e. The molecule has 5 nitrogen and oxygen atoms in total. The first-order valence-corrected chi connectivity index (χ1v) is 8.89. The number of halogens is 2. The van der Waals surface area contributed by atoms with Crippen molar-refractivity contribution in [2.75, 3.05) is 42.9 Å². The van der Waals surface area contributed by atoms with Gasteiger partial charge in [-0.2, -0.15) is 0 Å². The number of carbonyl (C=O) groups excluding carboxylic acids is 1. The topological polar surface area (TPSA) is 57.0 Å². The summed E-state index contributed by atoms with van der Waals surface area (Å²) in [5.74, 6) is 0.211. The molecule has 25 heavy (non-hydrogen) atoms. The Morgan fingerprint density at radius 1 is 1.12 bits per heavy atom. The Morgan fingerprint density at radius 2 is 1.80 bits per heavy atom. The Hall–Kier alpha value is -1.95. The molecular formula is C18H20Cl2N3O2+. The zero-order chi connectivity index (χ0) is 17.8. The number of benzene rings is 2. The van der Waals surface area contributed by atoms with Crippen molar-refractivity contribution in [3.8, 4) is 5.75 Å². The van der Waals surface area contributed by atoms with Crippen LogP contribution in [0.25, 0.3) is 0 Å². The smallest absolute Gasteiger partial charge is 0.279 e. The molecule has 1 aliphatic heterocycles. The van der Waals surface area contributed by atoms with Crippen LogP contribution >= 0.6 is 23.2 Å². The highest BCUT2D eigenvalue weighted by molar-refractivity contribution is 6.36. The van der Waals surface area contributed by atoms with Crippen molar-refractivity contribution in [3.05, 3.63) is 52.5 Å². The molecule has 0 aliphatic carbocycles. The van der Waals surface area contributed by atoms with Crippen LogP contribution < -0.4 is 15.1 Å². The van der Waals surface area contributed by atoms with E-state index < -0.39 is 0 Å². The van der Waals surface area contributed by atoms with Crippen LogP contribution in [-0.2, 0) is 4.79 Å². The summed E-state index contributed by atoms with van der Waals surface area (Å²) in [5.41, 5.74) is 1.67. The summed E-state index contributed by atoms with van der Waals surface area (Å²) >= 11 is 11.9. The van der Waals surface area contributed by atoms with E-state index in [0.29, 0.717) is 22.3 Å². The molecule has 1 saturated heterocycles. The van der Waals surface area contributed by atoms with Crippen LogP contribution in [-0.4, -0.2) is 43.7 Å². The fraction of sp³-hybridized carbons (Fsp3) is 0.278. The van der Waals surface area contributed by atoms with Crippen molar-refractivity contribution >= 4 is 40.5 Å². The minimum atomic E-state index is -0.0581. The Morgan fingerprint density at radius 3 is 2.44 bits per heavy atom. The Labute approximate surface area is 156 Å². The maximum atomic E-state index is 12.2. The molecular weight excluding hydrogens is 361 g/mol. The van der Waals surface area contributed by atoms with E-state index in [2.05, 4.69) is 10.2 Å². The average Bonchev–Trinajstić information content (AvgIpc) is 2.59. The van der Waals surface area contributed by atoms with E-state index in [1.54, 1.807) is 30.3 Å². The fourth-order valence-electron chi connectivity index (χ4n) is 2.93. The number of phenolic OH excluding ortho intramolecular Hbond substituents is 1. The molecule has 3 rings (SSSR count). The van der Waals surface area contributed by atoms with Crippen LogP contribution in [0.2, 0.25) is 10.0 Å². The van der Waals surface area contributed by atoms with E-state index in [4.69, 9.17) is 23.2 Å². The molecule has 0 spiro atoms. The first kappa shape index (κ1) is 17.9. The largest absolute Gasteiger partial charge is 0.508 e. The maximum absolute atomic E-state index is 12.2. The van der Waals surface area contributed by atoms with Crippen LogP contribution in [0.5, 0.6) is 5.75 Å². The number of quaternary nitrogens is 1. The van der Waals surface area contributed by atoms with Gasteiger partial charge in [-0.3, -0.25) is 4.79 Å². The number of nitrogens with zero attached hydrogens (tertiary/aromatic N) is 1. The second-order valence-electron chi connectivity index (χ2n) is 6.10. The molecule has 0 aromatic heterocycles. The third kappa shape index (κ3) is 4.78. The molecule has 1 aliphatic rings. The van der Waals surface area contributed by atoms with Crippen molar-refractivity contribution in [1.29, 1.82) is 0 Å². The number of anilines is 2. The molecule has 0 saturated carbocycles. The molecule has 132 valence electrons. The lowest BCUT2D eigenvalue weighted by atomic mass is 10.2. The predicted octanol–water partition coefficient (Wildman–Crippen LogP) is 2.04. The SMILES string of the molecule is O=C(C[NH+]1CCN(c2ccc(O)cc2)CC1)Nc1ccc(Cl)cc1Cl. The van der Waals surface area contributed by atoms with Gasteiger partial charge in [-0.25, -0.2) is 0 Å². The number of piperazine rings is 1. The van der Waals surface area contributed by atoms with Gasteiger partial charge in [0.2, 0.25) is 0 Å². The van der Waals surface area contributed by atoms with E-state index in [0.717, 1.165) is 31.9 Å². The Balaban J connectivity index is 1.50. The van der Waals surface area contributed by atoms with Crippen molar-refractivity contribution in [3.63, 3.8) is 0 Å². The van der Waals surface area contributed by atoms with Gasteiger partial charge in [0.1, 0.15) is 5.75 Å². The quantitative estimate of drug-likeness (QED) is 0.760. The van der Waals surface area contributed by atoms with Crippen LogP contribution in [0.3, 0.4) is 0 Å². The van der Waals surface area contributed by atoms with Gasteiger partial charge < -0.3 is 20.2 Å². The minimum absolute atomic E-state index is 0.0581. The lowest BCUT2D eigenvalue weighted by Crippen LogP contribution is -3.15. The molecule has 0 bridgehead atoms. The summed E-state index contributed by atoms with van der Waals surface area (Å²) in [6.07, 6.45) is 0. The maximum Gasteiger partial charge on any atom is 0.279 e. The van der Waals surface area contributed by atoms with Gasteiger partial charge >= 0.3 is 0 Å². The fourth-order valence-corrected chi connectivity index (χ4v) is 3.39. The summed E-state index contributed by atoms with van der Waals surface area (Å²) in [6, 6.07) is 12.2. The molecule has 1 heterocycles. The monoisotopic (exact) mass is 380 g/mol. The summed E-state index contributed by atoms with van der Waals surface area (Å²) in [5, 5.41) is 13.2. The van der Waals surface area contributed by atoms with Gasteiger partial charge in [-0.15, -0.1) is 0 Å². The van der Waals surface area contributed by atoms with Crippen molar-refractivity contribution in [1.82, 2.24) is 0 Å². The van der Waals surface area contributed by atoms with Crippen LogP contribution in [0.15, 0.2) is 42.5 Å². The molecule has 7 heteroatoms. The molecule has 3 N–H and O–H groups in total. The normalized spacial score (nSPS) is 15.2. The van der Waals surface area contributed by atoms with Crippen LogP contribution in [0, 0.1) is 0 Å². The molecule has 0 radical (unpaired) electrons. The predicted molar refractivity (Wildman–Crippen MR) is 101 cm³/mol. The Bertz CT molecular complexity index is 744. The van der Waals surface area contributed by atoms with Crippen LogP contribution in [0.4, 0.5) is 11.4 Å². The van der Waals surface area contributed by atoms with Crippen molar-refractivity contribution < 1.29 is 14.8 Å². The summed E-state index contributed by atoms with van der Waals surface area (Å²) in [7, 11) is 0. The van der Waals surface area contributed by atoms with Gasteiger partial charge in [-0.05, 0) is 42.5 Å². The molecule has 2 aromatic carbocycles. The second kappa shape index (κ2) is 7.95. The number of rotatable bonds is 4. The molecule has 2 aromatic rings. The molecule has 0 atom stereocenters. The summed E-state index contributed by atoms with van der Waals surface area (Å²) < 4.78 is 0. The molecule has 1 fully saturated rings. The first-order valence-electron chi connectivity index (χ1n) is 8.14. The number of phenols is 1. The third-order valence-electron chi connectivity index (χ3n) is 4.30. The molecule has 0 unspecified atom stereocenters. The van der Waals surface area contributed by atoms with Gasteiger partial charge in [0.05, 0.1) is 36.9 Å². The standard InChI is InChI=1S/C18H19Cl2N3O2/c19-13-1-6-17(16(20)11-13)21-18(25)12-22-7-9-23(10-8-22)14-2-4-15(24)5-3-14/h1-6,11,24H,7-10,12H2,(H,21,25)/p+1. The highest BCUT2D eigenvalue weighted by Crippen LogP contribution is 2.25. The van der Waals surface area contributed by atoms with Gasteiger partial charge in [0.25, 0.3) is 5.91 Å². The van der Waals surface area contributed by atoms with Gasteiger partial charge in [0, 0.05) is 10.7 Å². The van der Waals surface area contributed by atoms with E-state index in [1.165, 1.54) is 4.90 Å². The number of aromatic hydroxyl groups is 1. The lowest BCUT2D eigenvalue weighted by Gasteiger charge is -2.33. The second-order valence-corrected chi connectivity index (χ2v) is 6.95. The lowest BCUT2D eigenvalue weighted by molar-refractivity contribution is -0.892. The summed E-state index contributed by atoms with van der Waals surface area (Å²) in [6.45, 7) is 3.90. The number of hydrogen-bond donors (Lipinski definition) is 3.